The van der Waals surface area contributed by atoms with E-state index in [2.05, 4.69) is 17.3 Å². The molecule has 0 fully saturated rings. The van der Waals surface area contributed by atoms with Gasteiger partial charge < -0.3 is 5.32 Å². The van der Waals surface area contributed by atoms with Gasteiger partial charge in [-0.3, -0.25) is 4.68 Å². The first-order valence-electron chi connectivity index (χ1n) is 6.71. The van der Waals surface area contributed by atoms with Crippen LogP contribution in [-0.2, 0) is 7.05 Å². The quantitative estimate of drug-likeness (QED) is 0.913. The Kier molecular flexibility index (Phi) is 4.78. The lowest BCUT2D eigenvalue weighted by Gasteiger charge is -2.20. The summed E-state index contributed by atoms with van der Waals surface area (Å²) in [6.07, 6.45) is 2.80. The van der Waals surface area contributed by atoms with Crippen LogP contribution in [0.5, 0.6) is 0 Å². The molecule has 0 aliphatic heterocycles. The van der Waals surface area contributed by atoms with Crippen molar-refractivity contribution in [2.24, 2.45) is 7.05 Å². The number of hydrogen-bond acceptors (Lipinski definition) is 2. The third-order valence-corrected chi connectivity index (χ3v) is 3.80. The minimum atomic E-state index is -0.283. The third kappa shape index (κ3) is 3.02. The van der Waals surface area contributed by atoms with E-state index in [4.69, 9.17) is 11.6 Å². The number of hydrogen-bond donors (Lipinski definition) is 1. The highest BCUT2D eigenvalue weighted by Crippen LogP contribution is 2.30. The Morgan fingerprint density at radius 3 is 2.75 bits per heavy atom. The average molecular weight is 296 g/mol. The maximum atomic E-state index is 13.5. The minimum absolute atomic E-state index is 0.146. The fourth-order valence-corrected chi connectivity index (χ4v) is 2.44. The van der Waals surface area contributed by atoms with Gasteiger partial charge in [-0.1, -0.05) is 18.5 Å². The van der Waals surface area contributed by atoms with E-state index < -0.39 is 0 Å². The smallest absolute Gasteiger partial charge is 0.123 e. The van der Waals surface area contributed by atoms with E-state index in [1.54, 1.807) is 6.07 Å². The summed E-state index contributed by atoms with van der Waals surface area (Å²) < 4.78 is 15.4. The Balaban J connectivity index is 2.47. The number of nitrogens with zero attached hydrogens (tertiary/aromatic N) is 2. The van der Waals surface area contributed by atoms with Crippen LogP contribution in [-0.4, -0.2) is 16.3 Å². The Bertz CT molecular complexity index is 595. The van der Waals surface area contributed by atoms with Gasteiger partial charge in [0.25, 0.3) is 0 Å². The van der Waals surface area contributed by atoms with Crippen LogP contribution in [0.2, 0.25) is 5.02 Å². The molecule has 1 N–H and O–H groups in total. The summed E-state index contributed by atoms with van der Waals surface area (Å²) in [5.74, 6) is -0.283. The van der Waals surface area contributed by atoms with Crippen molar-refractivity contribution in [2.45, 2.75) is 26.3 Å². The summed E-state index contributed by atoms with van der Waals surface area (Å²) in [7, 11) is 1.89. The van der Waals surface area contributed by atoms with E-state index in [1.807, 2.05) is 24.9 Å². The van der Waals surface area contributed by atoms with Gasteiger partial charge in [-0.2, -0.15) is 5.10 Å². The summed E-state index contributed by atoms with van der Waals surface area (Å²) in [5.41, 5.74) is 2.81. The molecule has 2 aromatic rings. The summed E-state index contributed by atoms with van der Waals surface area (Å²) in [6.45, 7) is 4.91. The van der Waals surface area contributed by atoms with Crippen molar-refractivity contribution in [3.8, 4) is 0 Å². The van der Waals surface area contributed by atoms with Crippen molar-refractivity contribution < 1.29 is 4.39 Å². The molecular weight excluding hydrogens is 277 g/mol. The van der Waals surface area contributed by atoms with Crippen molar-refractivity contribution in [3.05, 3.63) is 52.1 Å². The molecule has 1 aromatic heterocycles. The molecule has 0 saturated carbocycles. The first-order valence-corrected chi connectivity index (χ1v) is 7.09. The third-order valence-electron chi connectivity index (χ3n) is 3.45. The highest BCUT2D eigenvalue weighted by molar-refractivity contribution is 6.31. The molecule has 108 valence electrons. The molecule has 0 amide bonds. The molecule has 0 saturated heterocycles. The monoisotopic (exact) mass is 295 g/mol. The van der Waals surface area contributed by atoms with Crippen LogP contribution >= 0.6 is 11.6 Å². The lowest BCUT2D eigenvalue weighted by molar-refractivity contribution is 0.582. The van der Waals surface area contributed by atoms with Crippen molar-refractivity contribution in [1.29, 1.82) is 0 Å². The molecule has 0 aliphatic carbocycles. The molecule has 0 radical (unpaired) electrons. The number of nitrogens with one attached hydrogen (secondary N) is 1. The van der Waals surface area contributed by atoms with Gasteiger partial charge in [0.05, 0.1) is 12.2 Å². The van der Waals surface area contributed by atoms with Crippen LogP contribution in [0.1, 0.15) is 36.2 Å². The van der Waals surface area contributed by atoms with E-state index >= 15 is 0 Å². The molecular formula is C15H19ClFN3. The topological polar surface area (TPSA) is 29.9 Å². The zero-order chi connectivity index (χ0) is 14.7. The van der Waals surface area contributed by atoms with E-state index in [9.17, 15) is 4.39 Å². The van der Waals surface area contributed by atoms with Gasteiger partial charge >= 0.3 is 0 Å². The van der Waals surface area contributed by atoms with E-state index in [-0.39, 0.29) is 11.9 Å². The second-order valence-electron chi connectivity index (χ2n) is 4.86. The fourth-order valence-electron chi connectivity index (χ4n) is 2.21. The number of aromatic nitrogens is 2. The highest BCUT2D eigenvalue weighted by atomic mass is 35.5. The second-order valence-corrected chi connectivity index (χ2v) is 5.27. The van der Waals surface area contributed by atoms with E-state index in [1.165, 1.54) is 12.1 Å². The molecule has 1 heterocycles. The first kappa shape index (κ1) is 15.0. The number of rotatable bonds is 5. The summed E-state index contributed by atoms with van der Waals surface area (Å²) in [5, 5.41) is 8.24. The number of aryl methyl sites for hydroxylation is 1. The molecule has 1 atom stereocenters. The molecule has 0 aliphatic rings. The molecule has 0 spiro atoms. The number of benzene rings is 1. The van der Waals surface area contributed by atoms with Gasteiger partial charge in [-0.15, -0.1) is 0 Å². The predicted molar refractivity (Wildman–Crippen MR) is 79.5 cm³/mol. The second kappa shape index (κ2) is 6.37. The van der Waals surface area contributed by atoms with Crippen molar-refractivity contribution >= 4 is 11.6 Å². The molecule has 5 heteroatoms. The van der Waals surface area contributed by atoms with Gasteiger partial charge in [-0.25, -0.2) is 4.39 Å². The zero-order valence-electron chi connectivity index (χ0n) is 12.0. The SMILES string of the molecule is CCCNC(c1cc(F)ccc1Cl)c1cnn(C)c1C. The van der Waals surface area contributed by atoms with Crippen LogP contribution in [0.15, 0.2) is 24.4 Å². The fraction of sp³-hybridized carbons (Fsp3) is 0.400. The first-order chi connectivity index (χ1) is 9.54. The van der Waals surface area contributed by atoms with Gasteiger partial charge in [0.2, 0.25) is 0 Å². The molecule has 2 rings (SSSR count). The van der Waals surface area contributed by atoms with Crippen LogP contribution in [0.4, 0.5) is 4.39 Å². The normalized spacial score (nSPS) is 12.7. The van der Waals surface area contributed by atoms with Crippen LogP contribution < -0.4 is 5.32 Å². The summed E-state index contributed by atoms with van der Waals surface area (Å²) in [4.78, 5) is 0. The molecule has 1 aromatic carbocycles. The van der Waals surface area contributed by atoms with E-state index in [0.29, 0.717) is 5.02 Å². The lowest BCUT2D eigenvalue weighted by atomic mass is 9.99. The summed E-state index contributed by atoms with van der Waals surface area (Å²) >= 11 is 6.25. The Morgan fingerprint density at radius 2 is 2.15 bits per heavy atom. The maximum absolute atomic E-state index is 13.5. The van der Waals surface area contributed by atoms with Crippen LogP contribution in [0.25, 0.3) is 0 Å². The van der Waals surface area contributed by atoms with Gasteiger partial charge in [0.15, 0.2) is 0 Å². The predicted octanol–water partition coefficient (Wildman–Crippen LogP) is 3.61. The molecule has 3 nitrogen and oxygen atoms in total. The van der Waals surface area contributed by atoms with Gasteiger partial charge in [0.1, 0.15) is 5.82 Å². The molecule has 20 heavy (non-hydrogen) atoms. The molecule has 1 unspecified atom stereocenters. The average Bonchev–Trinajstić information content (AvgIpc) is 2.75. The van der Waals surface area contributed by atoms with Crippen molar-refractivity contribution in [1.82, 2.24) is 15.1 Å². The minimum Gasteiger partial charge on any atom is -0.306 e. The van der Waals surface area contributed by atoms with Crippen LogP contribution in [0.3, 0.4) is 0 Å². The van der Waals surface area contributed by atoms with Gasteiger partial charge in [0, 0.05) is 23.3 Å². The Labute approximate surface area is 123 Å². The number of halogens is 2. The molecule has 0 bridgehead atoms. The Hall–Kier alpha value is -1.39. The highest BCUT2D eigenvalue weighted by Gasteiger charge is 2.21. The lowest BCUT2D eigenvalue weighted by Crippen LogP contribution is -2.24. The van der Waals surface area contributed by atoms with Crippen molar-refractivity contribution in [3.63, 3.8) is 0 Å². The Morgan fingerprint density at radius 1 is 1.40 bits per heavy atom. The van der Waals surface area contributed by atoms with Gasteiger partial charge in [-0.05, 0) is 43.7 Å². The van der Waals surface area contributed by atoms with Crippen LogP contribution in [0, 0.1) is 12.7 Å². The summed E-state index contributed by atoms with van der Waals surface area (Å²) in [6, 6.07) is 4.31. The standard InChI is InChI=1S/C15H19ClFN3/c1-4-7-18-15(13-9-19-20(3)10(13)2)12-8-11(17)5-6-14(12)16/h5-6,8-9,15,18H,4,7H2,1-3H3. The largest absolute Gasteiger partial charge is 0.306 e. The van der Waals surface area contributed by atoms with E-state index in [0.717, 1.165) is 29.8 Å². The zero-order valence-corrected chi connectivity index (χ0v) is 12.7. The maximum Gasteiger partial charge on any atom is 0.123 e. The van der Waals surface area contributed by atoms with Crippen molar-refractivity contribution in [2.75, 3.05) is 6.54 Å².